The van der Waals surface area contributed by atoms with Crippen molar-refractivity contribution in [2.24, 2.45) is 7.05 Å². The molecule has 0 unspecified atom stereocenters. The summed E-state index contributed by atoms with van der Waals surface area (Å²) in [5.41, 5.74) is 3.33. The van der Waals surface area contributed by atoms with Crippen LogP contribution in [-0.4, -0.2) is 40.9 Å². The van der Waals surface area contributed by atoms with Gasteiger partial charge in [-0.15, -0.1) is 0 Å². The summed E-state index contributed by atoms with van der Waals surface area (Å²) in [5, 5.41) is 7.92. The van der Waals surface area contributed by atoms with E-state index in [4.69, 9.17) is 4.74 Å². The number of methoxy groups -OCH3 is 1. The van der Waals surface area contributed by atoms with Gasteiger partial charge in [-0.3, -0.25) is 9.48 Å². The number of halogens is 2. The molecule has 0 aliphatic heterocycles. The number of carbonyl (C=O) groups excluding carboxylic acids is 1. The van der Waals surface area contributed by atoms with E-state index < -0.39 is 6.61 Å². The molecule has 7 nitrogen and oxygen atoms in total. The fourth-order valence-electron chi connectivity index (χ4n) is 3.23. The maximum Gasteiger partial charge on any atom is 0.387 e. The van der Waals surface area contributed by atoms with Crippen molar-refractivity contribution >= 4 is 16.9 Å². The molecular weight excluding hydrogens is 382 g/mol. The van der Waals surface area contributed by atoms with Crippen molar-refractivity contribution in [3.8, 4) is 11.5 Å². The van der Waals surface area contributed by atoms with Gasteiger partial charge in [-0.1, -0.05) is 6.07 Å². The highest BCUT2D eigenvalue weighted by Gasteiger charge is 2.17. The smallest absolute Gasteiger partial charge is 0.387 e. The average molecular weight is 404 g/mol. The van der Waals surface area contributed by atoms with E-state index >= 15 is 0 Å². The molecule has 0 radical (unpaired) electrons. The highest BCUT2D eigenvalue weighted by atomic mass is 19.3. The lowest BCUT2D eigenvalue weighted by atomic mass is 10.1. The molecular formula is C20H22F2N4O3. The Hall–Kier alpha value is -3.23. The van der Waals surface area contributed by atoms with Crippen LogP contribution < -0.4 is 14.8 Å². The Labute approximate surface area is 166 Å². The summed E-state index contributed by atoms with van der Waals surface area (Å²) in [6, 6.07) is 6.51. The number of hydrogen-bond acceptors (Lipinski definition) is 5. The molecule has 3 rings (SSSR count). The molecule has 0 fully saturated rings. The second-order valence-corrected chi connectivity index (χ2v) is 6.59. The maximum absolute atomic E-state index is 12.8. The summed E-state index contributed by atoms with van der Waals surface area (Å²) < 4.78 is 36.3. The fraction of sp³-hybridized carbons (Fsp3) is 0.350. The first-order chi connectivity index (χ1) is 13.8. The highest BCUT2D eigenvalue weighted by molar-refractivity contribution is 6.06. The molecule has 0 atom stereocenters. The zero-order valence-corrected chi connectivity index (χ0v) is 16.6. The number of alkyl halides is 2. The third-order valence-electron chi connectivity index (χ3n) is 4.48. The van der Waals surface area contributed by atoms with E-state index in [1.165, 1.54) is 13.2 Å². The van der Waals surface area contributed by atoms with Crippen LogP contribution in [0.4, 0.5) is 8.78 Å². The minimum absolute atomic E-state index is 0.0382. The Kier molecular flexibility index (Phi) is 5.95. The van der Waals surface area contributed by atoms with Crippen LogP contribution in [0.3, 0.4) is 0 Å². The number of ether oxygens (including phenoxy) is 2. The van der Waals surface area contributed by atoms with Gasteiger partial charge in [0.15, 0.2) is 17.1 Å². The molecule has 9 heteroatoms. The van der Waals surface area contributed by atoms with Crippen LogP contribution in [0.1, 0.15) is 27.3 Å². The number of carbonyl (C=O) groups is 1. The zero-order chi connectivity index (χ0) is 21.1. The summed E-state index contributed by atoms with van der Waals surface area (Å²) in [5.74, 6) is -0.0577. The van der Waals surface area contributed by atoms with Crippen molar-refractivity contribution in [2.45, 2.75) is 26.9 Å². The molecule has 0 saturated heterocycles. The number of hydrogen-bond donors (Lipinski definition) is 1. The van der Waals surface area contributed by atoms with Crippen molar-refractivity contribution in [3.05, 3.63) is 46.8 Å². The number of benzene rings is 1. The lowest BCUT2D eigenvalue weighted by Crippen LogP contribution is -2.26. The first-order valence-corrected chi connectivity index (χ1v) is 9.01. The number of aromatic nitrogens is 3. The Bertz CT molecular complexity index is 1050. The van der Waals surface area contributed by atoms with Gasteiger partial charge in [0, 0.05) is 19.3 Å². The van der Waals surface area contributed by atoms with Crippen LogP contribution in [0.15, 0.2) is 24.3 Å². The molecule has 0 spiro atoms. The first kappa shape index (κ1) is 20.5. The Morgan fingerprint density at radius 1 is 1.24 bits per heavy atom. The van der Waals surface area contributed by atoms with Crippen molar-refractivity contribution < 1.29 is 23.0 Å². The molecule has 2 aromatic heterocycles. The second-order valence-electron chi connectivity index (χ2n) is 6.59. The van der Waals surface area contributed by atoms with E-state index in [1.807, 2.05) is 13.8 Å². The van der Waals surface area contributed by atoms with Gasteiger partial charge in [-0.05, 0) is 44.0 Å². The molecule has 0 aliphatic rings. The number of amides is 1. The van der Waals surface area contributed by atoms with Gasteiger partial charge in [-0.25, -0.2) is 4.98 Å². The molecule has 3 aromatic rings. The molecule has 0 aliphatic carbocycles. The van der Waals surface area contributed by atoms with E-state index in [9.17, 15) is 13.6 Å². The number of aryl methyl sites for hydroxylation is 3. The quantitative estimate of drug-likeness (QED) is 0.655. The second kappa shape index (κ2) is 8.42. The van der Waals surface area contributed by atoms with Crippen LogP contribution in [0.5, 0.6) is 11.5 Å². The summed E-state index contributed by atoms with van der Waals surface area (Å²) >= 11 is 0. The predicted molar refractivity (Wildman–Crippen MR) is 104 cm³/mol. The fourth-order valence-corrected chi connectivity index (χ4v) is 3.23. The highest BCUT2D eigenvalue weighted by Crippen LogP contribution is 2.29. The normalized spacial score (nSPS) is 11.1. The number of fused-ring (bicyclic) bond motifs is 1. The van der Waals surface area contributed by atoms with Gasteiger partial charge in [0.05, 0.1) is 23.8 Å². The van der Waals surface area contributed by atoms with Crippen molar-refractivity contribution in [2.75, 3.05) is 13.7 Å². The number of nitrogens with one attached hydrogen (secondary N) is 1. The standard InChI is InChI=1S/C20H22F2N4O3/c1-11-9-14(17-12(2)25-26(3)18(17)24-11)19(27)23-8-7-13-5-6-15(28-4)16(10-13)29-20(21)22/h5-6,9-10,20H,7-8H2,1-4H3,(H,23,27). The van der Waals surface area contributed by atoms with E-state index in [0.717, 1.165) is 17.0 Å². The maximum atomic E-state index is 12.8. The van der Waals surface area contributed by atoms with Gasteiger partial charge < -0.3 is 14.8 Å². The summed E-state index contributed by atoms with van der Waals surface area (Å²) in [6.07, 6.45) is 0.439. The SMILES string of the molecule is COc1ccc(CCNC(=O)c2cc(C)nc3c2c(C)nn3C)cc1OC(F)F. The average Bonchev–Trinajstić information content (AvgIpc) is 2.94. The van der Waals surface area contributed by atoms with Crippen LogP contribution in [0, 0.1) is 13.8 Å². The van der Waals surface area contributed by atoms with Gasteiger partial charge in [0.2, 0.25) is 0 Å². The van der Waals surface area contributed by atoms with E-state index in [-0.39, 0.29) is 17.4 Å². The lowest BCUT2D eigenvalue weighted by Gasteiger charge is -2.12. The summed E-state index contributed by atoms with van der Waals surface area (Å²) in [7, 11) is 3.16. The monoisotopic (exact) mass is 404 g/mol. The number of nitrogens with zero attached hydrogens (tertiary/aromatic N) is 3. The Morgan fingerprint density at radius 2 is 2.00 bits per heavy atom. The van der Waals surface area contributed by atoms with Crippen molar-refractivity contribution in [1.29, 1.82) is 0 Å². The third kappa shape index (κ3) is 4.44. The molecule has 0 bridgehead atoms. The molecule has 0 saturated carbocycles. The minimum atomic E-state index is -2.95. The van der Waals surface area contributed by atoms with Gasteiger partial charge in [-0.2, -0.15) is 13.9 Å². The minimum Gasteiger partial charge on any atom is -0.493 e. The summed E-state index contributed by atoms with van der Waals surface area (Å²) in [6.45, 7) is 1.03. The van der Waals surface area contributed by atoms with E-state index in [0.29, 0.717) is 29.6 Å². The predicted octanol–water partition coefficient (Wildman–Crippen LogP) is 3.17. The largest absolute Gasteiger partial charge is 0.493 e. The van der Waals surface area contributed by atoms with Crippen LogP contribution in [-0.2, 0) is 13.5 Å². The van der Waals surface area contributed by atoms with Gasteiger partial charge in [0.25, 0.3) is 5.91 Å². The molecule has 154 valence electrons. The van der Waals surface area contributed by atoms with Gasteiger partial charge in [0.1, 0.15) is 0 Å². The van der Waals surface area contributed by atoms with Crippen molar-refractivity contribution in [3.63, 3.8) is 0 Å². The topological polar surface area (TPSA) is 78.3 Å². The zero-order valence-electron chi connectivity index (χ0n) is 16.6. The molecule has 2 heterocycles. The number of rotatable bonds is 7. The summed E-state index contributed by atoms with van der Waals surface area (Å²) in [4.78, 5) is 17.2. The number of pyridine rings is 1. The van der Waals surface area contributed by atoms with E-state index in [1.54, 1.807) is 29.9 Å². The third-order valence-corrected chi connectivity index (χ3v) is 4.48. The lowest BCUT2D eigenvalue weighted by molar-refractivity contribution is -0.0512. The Balaban J connectivity index is 1.73. The molecule has 29 heavy (non-hydrogen) atoms. The van der Waals surface area contributed by atoms with Crippen LogP contribution in [0.2, 0.25) is 0 Å². The molecule has 1 aromatic carbocycles. The van der Waals surface area contributed by atoms with Crippen LogP contribution >= 0.6 is 0 Å². The van der Waals surface area contributed by atoms with Crippen molar-refractivity contribution in [1.82, 2.24) is 20.1 Å². The first-order valence-electron chi connectivity index (χ1n) is 9.01. The van der Waals surface area contributed by atoms with Gasteiger partial charge >= 0.3 is 6.61 Å². The Morgan fingerprint density at radius 3 is 2.69 bits per heavy atom. The van der Waals surface area contributed by atoms with Crippen LogP contribution in [0.25, 0.3) is 11.0 Å². The van der Waals surface area contributed by atoms with E-state index in [2.05, 4.69) is 20.1 Å². The molecule has 1 amide bonds. The molecule has 1 N–H and O–H groups in total.